The van der Waals surface area contributed by atoms with Crippen LogP contribution in [-0.4, -0.2) is 35.9 Å². The summed E-state index contributed by atoms with van der Waals surface area (Å²) in [7, 11) is 0. The minimum absolute atomic E-state index is 0.0189. The molecule has 1 aliphatic heterocycles. The minimum Gasteiger partial charge on any atom is -0.479 e. The van der Waals surface area contributed by atoms with Crippen molar-refractivity contribution >= 4 is 34.9 Å². The van der Waals surface area contributed by atoms with Crippen molar-refractivity contribution in [2.45, 2.75) is 24.9 Å². The quantitative estimate of drug-likeness (QED) is 0.792. The van der Waals surface area contributed by atoms with Crippen molar-refractivity contribution in [3.05, 3.63) is 21.3 Å². The number of hydrogen-bond donors (Lipinski definition) is 3. The Hall–Kier alpha value is -1.31. The van der Waals surface area contributed by atoms with Crippen LogP contribution in [0.4, 0.5) is 4.79 Å². The summed E-state index contributed by atoms with van der Waals surface area (Å²) in [5.74, 6) is -1.09. The van der Waals surface area contributed by atoms with Gasteiger partial charge < -0.3 is 20.5 Å². The lowest BCUT2D eigenvalue weighted by atomic mass is 9.99. The molecule has 2 rings (SSSR count). The van der Waals surface area contributed by atoms with Crippen LogP contribution >= 0.6 is 22.9 Å². The van der Waals surface area contributed by atoms with Crippen LogP contribution < -0.4 is 10.6 Å². The van der Waals surface area contributed by atoms with Gasteiger partial charge >= 0.3 is 12.0 Å². The molecule has 2 atom stereocenters. The van der Waals surface area contributed by atoms with Gasteiger partial charge in [-0.05, 0) is 19.1 Å². The van der Waals surface area contributed by atoms with Crippen LogP contribution in [0.3, 0.4) is 0 Å². The molecule has 0 radical (unpaired) electrons. The van der Waals surface area contributed by atoms with Gasteiger partial charge in [0.05, 0.1) is 17.0 Å². The van der Waals surface area contributed by atoms with Crippen molar-refractivity contribution in [3.8, 4) is 0 Å². The monoisotopic (exact) mass is 318 g/mol. The van der Waals surface area contributed by atoms with E-state index >= 15 is 0 Å². The summed E-state index contributed by atoms with van der Waals surface area (Å²) in [6.07, 6.45) is 0.259. The molecule has 3 N–H and O–H groups in total. The van der Waals surface area contributed by atoms with Gasteiger partial charge in [-0.1, -0.05) is 11.6 Å². The third-order valence-electron chi connectivity index (χ3n) is 3.15. The average molecular weight is 319 g/mol. The van der Waals surface area contributed by atoms with Crippen LogP contribution in [0.2, 0.25) is 4.34 Å². The fourth-order valence-electron chi connectivity index (χ4n) is 1.97. The lowest BCUT2D eigenvalue weighted by Crippen LogP contribution is -2.57. The van der Waals surface area contributed by atoms with Crippen molar-refractivity contribution in [2.75, 3.05) is 13.2 Å². The molecular formula is C12H15ClN2O4S. The van der Waals surface area contributed by atoms with Gasteiger partial charge in [0.1, 0.15) is 0 Å². The molecule has 1 saturated heterocycles. The zero-order chi connectivity index (χ0) is 14.8. The number of carboxylic acid groups (broad SMARTS) is 1. The van der Waals surface area contributed by atoms with Gasteiger partial charge in [0.15, 0.2) is 5.54 Å². The van der Waals surface area contributed by atoms with Gasteiger partial charge in [-0.15, -0.1) is 11.3 Å². The Morgan fingerprint density at radius 1 is 1.55 bits per heavy atom. The zero-order valence-corrected chi connectivity index (χ0v) is 12.4. The van der Waals surface area contributed by atoms with E-state index in [0.29, 0.717) is 10.9 Å². The first-order valence-corrected chi connectivity index (χ1v) is 7.27. The van der Waals surface area contributed by atoms with Gasteiger partial charge in [0.25, 0.3) is 0 Å². The fraction of sp³-hybridized carbons (Fsp3) is 0.500. The van der Waals surface area contributed by atoms with Gasteiger partial charge in [-0.2, -0.15) is 0 Å². The van der Waals surface area contributed by atoms with E-state index in [4.69, 9.17) is 16.3 Å². The van der Waals surface area contributed by atoms with Crippen molar-refractivity contribution in [1.82, 2.24) is 10.6 Å². The number of hydrogen-bond acceptors (Lipinski definition) is 4. The predicted octanol–water partition coefficient (Wildman–Crippen LogP) is 2.01. The Bertz CT molecular complexity index is 513. The molecule has 110 valence electrons. The van der Waals surface area contributed by atoms with Gasteiger partial charge in [0.2, 0.25) is 0 Å². The Balaban J connectivity index is 1.96. The summed E-state index contributed by atoms with van der Waals surface area (Å²) in [6, 6.07) is 2.79. The van der Waals surface area contributed by atoms with Gasteiger partial charge in [-0.25, -0.2) is 9.59 Å². The molecule has 1 aliphatic rings. The maximum atomic E-state index is 11.9. The smallest absolute Gasteiger partial charge is 0.332 e. The normalized spacial score (nSPS) is 23.3. The highest BCUT2D eigenvalue weighted by Crippen LogP contribution is 2.26. The van der Waals surface area contributed by atoms with Crippen LogP contribution in [0.5, 0.6) is 0 Å². The summed E-state index contributed by atoms with van der Waals surface area (Å²) in [6.45, 7) is 2.11. The summed E-state index contributed by atoms with van der Waals surface area (Å²) < 4.78 is 5.72. The number of urea groups is 1. The highest BCUT2D eigenvalue weighted by atomic mass is 35.5. The number of nitrogens with one attached hydrogen (secondary N) is 2. The van der Waals surface area contributed by atoms with Crippen LogP contribution in [0.1, 0.15) is 24.3 Å². The summed E-state index contributed by atoms with van der Waals surface area (Å²) >= 11 is 7.21. The van der Waals surface area contributed by atoms with Crippen molar-refractivity contribution in [1.29, 1.82) is 0 Å². The summed E-state index contributed by atoms with van der Waals surface area (Å²) in [5.41, 5.74) is -1.34. The topological polar surface area (TPSA) is 87.7 Å². The Morgan fingerprint density at radius 2 is 2.30 bits per heavy atom. The number of amides is 2. The molecule has 0 aliphatic carbocycles. The number of carboxylic acids is 1. The summed E-state index contributed by atoms with van der Waals surface area (Å²) in [5, 5.41) is 14.4. The number of carbonyl (C=O) groups excluding carboxylic acids is 1. The molecule has 2 unspecified atom stereocenters. The van der Waals surface area contributed by atoms with E-state index in [-0.39, 0.29) is 19.1 Å². The van der Waals surface area contributed by atoms with Gasteiger partial charge in [-0.3, -0.25) is 0 Å². The largest absolute Gasteiger partial charge is 0.479 e. The molecule has 0 bridgehead atoms. The second kappa shape index (κ2) is 5.99. The lowest BCUT2D eigenvalue weighted by molar-refractivity contribution is -0.144. The molecule has 1 aromatic heterocycles. The van der Waals surface area contributed by atoms with Crippen molar-refractivity contribution in [3.63, 3.8) is 0 Å². The number of aliphatic carboxylic acids is 1. The van der Waals surface area contributed by atoms with E-state index in [1.54, 1.807) is 13.0 Å². The van der Waals surface area contributed by atoms with Crippen LogP contribution in [0.25, 0.3) is 0 Å². The first-order chi connectivity index (χ1) is 9.43. The van der Waals surface area contributed by atoms with Crippen LogP contribution in [0.15, 0.2) is 12.1 Å². The molecule has 6 nitrogen and oxygen atoms in total. The number of ether oxygens (including phenoxy) is 1. The first kappa shape index (κ1) is 15.1. The third kappa shape index (κ3) is 3.23. The maximum Gasteiger partial charge on any atom is 0.332 e. The first-order valence-electron chi connectivity index (χ1n) is 6.08. The summed E-state index contributed by atoms with van der Waals surface area (Å²) in [4.78, 5) is 24.1. The van der Waals surface area contributed by atoms with E-state index in [1.165, 1.54) is 11.3 Å². The Kier molecular flexibility index (Phi) is 4.52. The minimum atomic E-state index is -1.34. The SMILES string of the molecule is CC(NC(=O)NC1(C(=O)O)CCOC1)c1ccc(Cl)s1. The molecule has 0 saturated carbocycles. The van der Waals surface area contributed by atoms with E-state index in [9.17, 15) is 14.7 Å². The van der Waals surface area contributed by atoms with E-state index < -0.39 is 17.5 Å². The third-order valence-corrected chi connectivity index (χ3v) is 4.57. The molecule has 1 aromatic rings. The van der Waals surface area contributed by atoms with Crippen molar-refractivity contribution < 1.29 is 19.4 Å². The molecular weight excluding hydrogens is 304 g/mol. The number of rotatable bonds is 4. The second-order valence-corrected chi connectivity index (χ2v) is 6.40. The molecule has 20 heavy (non-hydrogen) atoms. The number of thiophene rings is 1. The number of halogens is 1. The van der Waals surface area contributed by atoms with Crippen molar-refractivity contribution in [2.24, 2.45) is 0 Å². The van der Waals surface area contributed by atoms with E-state index in [0.717, 1.165) is 4.88 Å². The molecule has 2 amide bonds. The molecule has 1 fully saturated rings. The number of carbonyl (C=O) groups is 2. The Labute approximate surface area is 125 Å². The van der Waals surface area contributed by atoms with Crippen LogP contribution in [-0.2, 0) is 9.53 Å². The molecule has 8 heteroatoms. The predicted molar refractivity (Wildman–Crippen MR) is 75.2 cm³/mol. The molecule has 2 heterocycles. The van der Waals surface area contributed by atoms with Gasteiger partial charge in [0, 0.05) is 17.9 Å². The Morgan fingerprint density at radius 3 is 2.80 bits per heavy atom. The maximum absolute atomic E-state index is 11.9. The van der Waals surface area contributed by atoms with E-state index in [1.807, 2.05) is 6.07 Å². The average Bonchev–Trinajstić information content (AvgIpc) is 2.98. The zero-order valence-electron chi connectivity index (χ0n) is 10.8. The highest BCUT2D eigenvalue weighted by molar-refractivity contribution is 7.16. The van der Waals surface area contributed by atoms with E-state index in [2.05, 4.69) is 10.6 Å². The molecule has 0 aromatic carbocycles. The lowest BCUT2D eigenvalue weighted by Gasteiger charge is -2.25. The molecule has 0 spiro atoms. The fourth-order valence-corrected chi connectivity index (χ4v) is 3.03. The standard InChI is InChI=1S/C12H15ClN2O4S/c1-7(8-2-3-9(13)20-8)14-11(18)15-12(10(16)17)4-5-19-6-12/h2-3,7H,4-6H2,1H3,(H,16,17)(H2,14,15,18). The highest BCUT2D eigenvalue weighted by Gasteiger charge is 2.44. The van der Waals surface area contributed by atoms with Crippen LogP contribution in [0, 0.1) is 0 Å². The second-order valence-electron chi connectivity index (χ2n) is 4.65.